The lowest BCUT2D eigenvalue weighted by Gasteiger charge is -2.35. The van der Waals surface area contributed by atoms with Crippen molar-refractivity contribution in [2.45, 2.75) is 49.4 Å². The number of para-hydroxylation sites is 2. The average molecular weight is 1570 g/mol. The molecule has 0 N–H and O–H groups in total. The molecule has 4 aliphatic rings. The zero-order valence-electron chi connectivity index (χ0n) is 67.0. The summed E-state index contributed by atoms with van der Waals surface area (Å²) in [4.78, 5) is 5.17. The monoisotopic (exact) mass is 1560 g/mol. The van der Waals surface area contributed by atoms with Crippen molar-refractivity contribution >= 4 is 97.1 Å². The molecule has 0 bridgehead atoms. The van der Waals surface area contributed by atoms with Crippen LogP contribution < -0.4 is 9.80 Å². The Labute approximate surface area is 708 Å². The molecule has 2 aromatic heterocycles. The number of hydrogen-bond donors (Lipinski definition) is 0. The highest BCUT2D eigenvalue weighted by atomic mass is 32.1. The summed E-state index contributed by atoms with van der Waals surface area (Å²) in [7, 11) is 0. The minimum absolute atomic E-state index is 0.247. The lowest BCUT2D eigenvalue weighted by atomic mass is 9.67. The highest BCUT2D eigenvalue weighted by Crippen LogP contribution is 2.63. The van der Waals surface area contributed by atoms with E-state index in [0.717, 1.165) is 34.1 Å². The predicted molar refractivity (Wildman–Crippen MR) is 508 cm³/mol. The van der Waals surface area contributed by atoms with Crippen LogP contribution in [0, 0.1) is 0 Å². The summed E-state index contributed by atoms with van der Waals surface area (Å²) in [5, 5.41) is 5.05. The van der Waals surface area contributed by atoms with Crippen LogP contribution in [0.5, 0.6) is 0 Å². The number of hydrogen-bond acceptors (Lipinski definition) is 4. The van der Waals surface area contributed by atoms with Crippen LogP contribution in [0.1, 0.15) is 94.5 Å². The lowest BCUT2D eigenvalue weighted by molar-refractivity contribution is 0.662. The van der Waals surface area contributed by atoms with Gasteiger partial charge in [0.05, 0.1) is 32.6 Å². The van der Waals surface area contributed by atoms with Crippen LogP contribution in [0.3, 0.4) is 0 Å². The van der Waals surface area contributed by atoms with Crippen molar-refractivity contribution in [2.24, 2.45) is 0 Å². The summed E-state index contributed by atoms with van der Waals surface area (Å²) in [5.41, 5.74) is 37.8. The number of thiophene rings is 2. The van der Waals surface area contributed by atoms with Crippen LogP contribution in [0.4, 0.5) is 34.1 Å². The minimum atomic E-state index is -0.603. The van der Waals surface area contributed by atoms with E-state index in [0.29, 0.717) is 0 Å². The molecule has 0 aliphatic heterocycles. The molecular formula is C116H80N2S2. The first-order valence-corrected chi connectivity index (χ1v) is 43.6. The van der Waals surface area contributed by atoms with Crippen molar-refractivity contribution in [1.29, 1.82) is 0 Å². The van der Waals surface area contributed by atoms with Crippen LogP contribution >= 0.6 is 22.7 Å². The lowest BCUT2D eigenvalue weighted by Crippen LogP contribution is -2.28. The first-order chi connectivity index (χ1) is 59.0. The number of benzene rings is 18. The van der Waals surface area contributed by atoms with Crippen molar-refractivity contribution in [2.75, 3.05) is 9.80 Å². The van der Waals surface area contributed by atoms with E-state index < -0.39 is 16.2 Å². The fourth-order valence-corrected chi connectivity index (χ4v) is 24.5. The molecule has 0 radical (unpaired) electrons. The third-order valence-electron chi connectivity index (χ3n) is 27.2. The van der Waals surface area contributed by atoms with Crippen molar-refractivity contribution < 1.29 is 0 Å². The first kappa shape index (κ1) is 70.2. The second-order valence-corrected chi connectivity index (χ2v) is 36.1. The fraction of sp³-hybridized carbons (Fsp3) is 0.0690. The molecule has 0 saturated heterocycles. The third kappa shape index (κ3) is 10.1. The molecule has 4 heteroatoms. The van der Waals surface area contributed by atoms with E-state index in [2.05, 4.69) is 450 Å². The van der Waals surface area contributed by atoms with E-state index in [4.69, 9.17) is 0 Å². The van der Waals surface area contributed by atoms with Crippen LogP contribution in [-0.2, 0) is 21.7 Å². The van der Waals surface area contributed by atoms with E-state index in [-0.39, 0.29) is 5.41 Å². The summed E-state index contributed by atoms with van der Waals surface area (Å²) in [5.74, 6) is 0. The molecule has 0 unspecified atom stereocenters. The number of nitrogens with zero attached hydrogens (tertiary/aromatic N) is 2. The average Bonchev–Trinajstić information content (AvgIpc) is 1.53. The molecule has 0 amide bonds. The quantitative estimate of drug-likeness (QED) is 0.114. The summed E-state index contributed by atoms with van der Waals surface area (Å²) < 4.78 is 5.03. The number of fused-ring (bicyclic) bond motifs is 18. The van der Waals surface area contributed by atoms with E-state index >= 15 is 0 Å². The first-order valence-electron chi connectivity index (χ1n) is 41.9. The Bertz CT molecular complexity index is 7530. The summed E-state index contributed by atoms with van der Waals surface area (Å²) in [6.45, 7) is 9.75. The largest absolute Gasteiger partial charge is 0.310 e. The zero-order valence-corrected chi connectivity index (χ0v) is 68.6. The van der Waals surface area contributed by atoms with Gasteiger partial charge in [-0.05, 0) is 206 Å². The second-order valence-electron chi connectivity index (χ2n) is 34.0. The maximum Gasteiger partial charge on any atom is 0.0714 e. The van der Waals surface area contributed by atoms with E-state index in [1.807, 2.05) is 22.7 Å². The summed E-state index contributed by atoms with van der Waals surface area (Å²) >= 11 is 3.78. The zero-order chi connectivity index (χ0) is 79.7. The normalized spacial score (nSPS) is 14.3. The molecule has 2 nitrogen and oxygen atoms in total. The van der Waals surface area contributed by atoms with Gasteiger partial charge < -0.3 is 9.80 Å². The van der Waals surface area contributed by atoms with Gasteiger partial charge in [-0.1, -0.05) is 367 Å². The van der Waals surface area contributed by atoms with Crippen LogP contribution in [0.25, 0.3) is 118 Å². The topological polar surface area (TPSA) is 6.48 Å². The molecule has 2 heterocycles. The molecule has 18 aromatic carbocycles. The van der Waals surface area contributed by atoms with Gasteiger partial charge in [0.15, 0.2) is 0 Å². The maximum absolute atomic E-state index is 2.61. The number of rotatable bonds is 13. The smallest absolute Gasteiger partial charge is 0.0714 e. The van der Waals surface area contributed by atoms with Crippen molar-refractivity contribution in [1.82, 2.24) is 0 Å². The van der Waals surface area contributed by atoms with Crippen LogP contribution in [0.15, 0.2) is 413 Å². The van der Waals surface area contributed by atoms with Gasteiger partial charge in [-0.2, -0.15) is 0 Å². The molecule has 0 fully saturated rings. The fourth-order valence-electron chi connectivity index (χ4n) is 22.1. The summed E-state index contributed by atoms with van der Waals surface area (Å²) in [6.07, 6.45) is 0. The second kappa shape index (κ2) is 26.8. The van der Waals surface area contributed by atoms with Crippen molar-refractivity contribution in [3.63, 3.8) is 0 Å². The Morgan fingerprint density at radius 3 is 1.11 bits per heavy atom. The minimum Gasteiger partial charge on any atom is -0.310 e. The highest BCUT2D eigenvalue weighted by Gasteiger charge is 2.49. The number of anilines is 6. The Morgan fingerprint density at radius 1 is 0.200 bits per heavy atom. The Kier molecular flexibility index (Phi) is 15.7. The molecule has 0 saturated carbocycles. The van der Waals surface area contributed by atoms with Crippen molar-refractivity contribution in [3.8, 4) is 77.9 Å². The van der Waals surface area contributed by atoms with Crippen molar-refractivity contribution in [3.05, 3.63) is 479 Å². The van der Waals surface area contributed by atoms with Gasteiger partial charge in [-0.25, -0.2) is 0 Å². The molecule has 0 atom stereocenters. The van der Waals surface area contributed by atoms with Gasteiger partial charge in [-0.3, -0.25) is 0 Å². The van der Waals surface area contributed by atoms with E-state index in [1.54, 1.807) is 0 Å². The predicted octanol–water partition coefficient (Wildman–Crippen LogP) is 31.7. The van der Waals surface area contributed by atoms with Gasteiger partial charge >= 0.3 is 0 Å². The Hall–Kier alpha value is -14.0. The molecule has 0 spiro atoms. The highest BCUT2D eigenvalue weighted by molar-refractivity contribution is 7.26. The standard InChI is InChI=1S/C116H80N2S2/c1-113(2)98-51-23-17-42-84(98)93-46-29-49-96(110(93)113)89-44-21-27-55-105(89)118(80-61-66-86-83-41-19-25-53-100(83)116(103(86)71-80,77-36-13-7-14-37-77)78-38-15-8-16-39-78)106-56-31-50-97-92-64-59-74(69-108(92)120-112(97)106)73-58-63-87-94-47-30-48-95(111(94)114(3,4)101(87)68-73)88-43-20-26-54-104(88)117(81-62-67-91-90-45-22-28-57-107(90)119-109(91)72-81)79-60-65-85-82-40-18-24-52-99(82)115(102(85)70-79,75-32-9-5-10-33-75)76-34-11-6-12-35-76/h5-72H,1-4H3. The summed E-state index contributed by atoms with van der Waals surface area (Å²) in [6, 6.07) is 157. The Balaban J connectivity index is 0.646. The Morgan fingerprint density at radius 2 is 0.542 bits per heavy atom. The molecular weight excluding hydrogens is 1490 g/mol. The molecule has 4 aliphatic carbocycles. The SMILES string of the molecule is CC1(C)c2cc(-c3ccc4c(c3)sc3c(N(c5ccc6c(c5)C(c5ccccc5)(c5ccccc5)c5ccccc5-6)c5ccccc5-c5cccc6c5C(C)(C)c5ccccc5-6)cccc34)ccc2-c2cccc(-c3ccccc3N(c3ccc4c(c3)C(c3ccccc3)(c3ccccc3)c3ccccc3-4)c3ccc4c(c3)sc3ccccc34)c21. The molecule has 566 valence electrons. The van der Waals surface area contributed by atoms with E-state index in [9.17, 15) is 0 Å². The molecule has 24 rings (SSSR count). The van der Waals surface area contributed by atoms with Gasteiger partial charge in [-0.15, -0.1) is 22.7 Å². The van der Waals surface area contributed by atoms with E-state index in [1.165, 1.54) is 185 Å². The van der Waals surface area contributed by atoms with Gasteiger partial charge in [0.2, 0.25) is 0 Å². The van der Waals surface area contributed by atoms with Gasteiger partial charge in [0, 0.05) is 74.7 Å². The third-order valence-corrected chi connectivity index (χ3v) is 29.5. The van der Waals surface area contributed by atoms with Gasteiger partial charge in [0.25, 0.3) is 0 Å². The molecule has 120 heavy (non-hydrogen) atoms. The maximum atomic E-state index is 2.61. The molecule has 20 aromatic rings. The van der Waals surface area contributed by atoms with Crippen LogP contribution in [-0.4, -0.2) is 0 Å². The van der Waals surface area contributed by atoms with Gasteiger partial charge in [0.1, 0.15) is 0 Å². The van der Waals surface area contributed by atoms with Crippen LogP contribution in [0.2, 0.25) is 0 Å².